The molecule has 0 radical (unpaired) electrons. The van der Waals surface area contributed by atoms with E-state index in [1.807, 2.05) is 12.1 Å². The minimum atomic E-state index is -0.582. The molecule has 4 aromatic rings. The summed E-state index contributed by atoms with van der Waals surface area (Å²) in [5.41, 5.74) is 1.84. The molecule has 154 valence electrons. The first kappa shape index (κ1) is 19.3. The number of amides is 1. The van der Waals surface area contributed by atoms with Crippen molar-refractivity contribution in [3.05, 3.63) is 70.8 Å². The second-order valence-electron chi connectivity index (χ2n) is 6.50. The predicted molar refractivity (Wildman–Crippen MR) is 110 cm³/mol. The zero-order valence-electron chi connectivity index (χ0n) is 16.5. The van der Waals surface area contributed by atoms with Crippen LogP contribution in [0.5, 0.6) is 11.5 Å². The number of oxazole rings is 1. The largest absolute Gasteiger partial charge is 0.493 e. The Balaban J connectivity index is 1.54. The van der Waals surface area contributed by atoms with Gasteiger partial charge >= 0.3 is 5.76 Å². The number of anilines is 1. The molecule has 0 fully saturated rings. The SMILES string of the molecule is COc1cccc(Cn2nccc2NC(=O)Cn2c(=O)oc3ccccc32)c1OC. The summed E-state index contributed by atoms with van der Waals surface area (Å²) in [6.45, 7) is 0.182. The first-order chi connectivity index (χ1) is 14.6. The molecule has 2 heterocycles. The summed E-state index contributed by atoms with van der Waals surface area (Å²) >= 11 is 0. The molecule has 0 aliphatic rings. The van der Waals surface area contributed by atoms with Crippen LogP contribution in [0.4, 0.5) is 5.82 Å². The third kappa shape index (κ3) is 3.64. The average Bonchev–Trinajstić information content (AvgIpc) is 3.31. The van der Waals surface area contributed by atoms with Crippen molar-refractivity contribution in [3.8, 4) is 11.5 Å². The molecule has 0 bridgehead atoms. The molecule has 0 saturated heterocycles. The maximum atomic E-state index is 12.6. The van der Waals surface area contributed by atoms with Gasteiger partial charge in [0.2, 0.25) is 5.91 Å². The molecule has 0 unspecified atom stereocenters. The van der Waals surface area contributed by atoms with Gasteiger partial charge in [-0.25, -0.2) is 9.48 Å². The second-order valence-corrected chi connectivity index (χ2v) is 6.50. The average molecular weight is 408 g/mol. The lowest BCUT2D eigenvalue weighted by Gasteiger charge is -2.14. The number of methoxy groups -OCH3 is 2. The number of rotatable bonds is 7. The van der Waals surface area contributed by atoms with E-state index in [2.05, 4.69) is 10.4 Å². The number of carbonyl (C=O) groups excluding carboxylic acids is 1. The third-order valence-electron chi connectivity index (χ3n) is 4.66. The van der Waals surface area contributed by atoms with E-state index in [-0.39, 0.29) is 12.5 Å². The van der Waals surface area contributed by atoms with Gasteiger partial charge in [0.15, 0.2) is 17.1 Å². The Kier molecular flexibility index (Phi) is 5.25. The lowest BCUT2D eigenvalue weighted by molar-refractivity contribution is -0.116. The molecule has 2 aromatic heterocycles. The highest BCUT2D eigenvalue weighted by Gasteiger charge is 2.15. The maximum absolute atomic E-state index is 12.6. The topological polar surface area (TPSA) is 101 Å². The molecule has 0 atom stereocenters. The Morgan fingerprint density at radius 3 is 2.73 bits per heavy atom. The summed E-state index contributed by atoms with van der Waals surface area (Å²) in [7, 11) is 3.14. The number of hydrogen-bond acceptors (Lipinski definition) is 6. The van der Waals surface area contributed by atoms with E-state index >= 15 is 0 Å². The number of hydrogen-bond donors (Lipinski definition) is 1. The van der Waals surface area contributed by atoms with Crippen molar-refractivity contribution < 1.29 is 18.7 Å². The lowest BCUT2D eigenvalue weighted by Crippen LogP contribution is -2.26. The summed E-state index contributed by atoms with van der Waals surface area (Å²) in [6.07, 6.45) is 1.59. The van der Waals surface area contributed by atoms with Crippen molar-refractivity contribution in [2.45, 2.75) is 13.1 Å². The highest BCUT2D eigenvalue weighted by Crippen LogP contribution is 2.31. The van der Waals surface area contributed by atoms with Crippen molar-refractivity contribution in [3.63, 3.8) is 0 Å². The third-order valence-corrected chi connectivity index (χ3v) is 4.66. The van der Waals surface area contributed by atoms with Crippen LogP contribution in [-0.2, 0) is 17.9 Å². The Labute approximate surface area is 171 Å². The van der Waals surface area contributed by atoms with Crippen molar-refractivity contribution in [2.24, 2.45) is 0 Å². The van der Waals surface area contributed by atoms with E-state index in [9.17, 15) is 9.59 Å². The summed E-state index contributed by atoms with van der Waals surface area (Å²) in [5, 5.41) is 7.07. The predicted octanol–water partition coefficient (Wildman–Crippen LogP) is 2.50. The minimum Gasteiger partial charge on any atom is -0.493 e. The van der Waals surface area contributed by atoms with Crippen LogP contribution in [0.3, 0.4) is 0 Å². The Bertz CT molecular complexity index is 1250. The highest BCUT2D eigenvalue weighted by molar-refractivity contribution is 5.90. The van der Waals surface area contributed by atoms with Gasteiger partial charge in [-0.3, -0.25) is 9.36 Å². The van der Waals surface area contributed by atoms with Crippen molar-refractivity contribution >= 4 is 22.8 Å². The van der Waals surface area contributed by atoms with Crippen molar-refractivity contribution in [2.75, 3.05) is 19.5 Å². The maximum Gasteiger partial charge on any atom is 0.420 e. The monoisotopic (exact) mass is 408 g/mol. The van der Waals surface area contributed by atoms with Crippen LogP contribution in [0.1, 0.15) is 5.56 Å². The van der Waals surface area contributed by atoms with Crippen LogP contribution in [0.25, 0.3) is 11.1 Å². The Hall–Kier alpha value is -4.01. The molecule has 30 heavy (non-hydrogen) atoms. The lowest BCUT2D eigenvalue weighted by atomic mass is 10.2. The normalized spacial score (nSPS) is 10.9. The Morgan fingerprint density at radius 2 is 1.93 bits per heavy atom. The fourth-order valence-corrected chi connectivity index (χ4v) is 3.29. The van der Waals surface area contributed by atoms with Crippen LogP contribution in [0.15, 0.2) is 63.9 Å². The number of benzene rings is 2. The Morgan fingerprint density at radius 1 is 1.10 bits per heavy atom. The number of nitrogens with zero attached hydrogens (tertiary/aromatic N) is 3. The molecule has 0 saturated carbocycles. The van der Waals surface area contributed by atoms with Gasteiger partial charge in [0.1, 0.15) is 12.4 Å². The van der Waals surface area contributed by atoms with E-state index in [0.29, 0.717) is 35.0 Å². The van der Waals surface area contributed by atoms with Crippen LogP contribution in [0, 0.1) is 0 Å². The fourth-order valence-electron chi connectivity index (χ4n) is 3.29. The standard InChI is InChI=1S/C21H20N4O5/c1-28-17-9-5-6-14(20(17)29-2)12-25-18(10-11-22-25)23-19(26)13-24-15-7-3-4-8-16(15)30-21(24)27/h3-11H,12-13H2,1-2H3,(H,23,26). The molecule has 9 nitrogen and oxygen atoms in total. The van der Waals surface area contributed by atoms with Gasteiger partial charge in [0.25, 0.3) is 0 Å². The number of carbonyl (C=O) groups is 1. The van der Waals surface area contributed by atoms with E-state index < -0.39 is 5.76 Å². The number of nitrogens with one attached hydrogen (secondary N) is 1. The zero-order chi connectivity index (χ0) is 21.1. The van der Waals surface area contributed by atoms with E-state index in [1.54, 1.807) is 61.5 Å². The van der Waals surface area contributed by atoms with Crippen LogP contribution in [0.2, 0.25) is 0 Å². The first-order valence-electron chi connectivity index (χ1n) is 9.20. The molecule has 2 aromatic carbocycles. The number of fused-ring (bicyclic) bond motifs is 1. The molecule has 9 heteroatoms. The van der Waals surface area contributed by atoms with Gasteiger partial charge in [0, 0.05) is 11.6 Å². The number of para-hydroxylation sites is 3. The van der Waals surface area contributed by atoms with E-state index in [1.165, 1.54) is 4.57 Å². The summed E-state index contributed by atoms with van der Waals surface area (Å²) < 4.78 is 18.9. The minimum absolute atomic E-state index is 0.177. The molecule has 4 rings (SSSR count). The molecule has 1 amide bonds. The van der Waals surface area contributed by atoms with Gasteiger partial charge in [-0.05, 0) is 18.2 Å². The van der Waals surface area contributed by atoms with Crippen LogP contribution < -0.4 is 20.5 Å². The second kappa shape index (κ2) is 8.16. The van der Waals surface area contributed by atoms with Gasteiger partial charge in [0.05, 0.1) is 32.5 Å². The van der Waals surface area contributed by atoms with Crippen molar-refractivity contribution in [1.82, 2.24) is 14.3 Å². The zero-order valence-corrected chi connectivity index (χ0v) is 16.5. The van der Waals surface area contributed by atoms with E-state index in [0.717, 1.165) is 5.56 Å². The molecule has 1 N–H and O–H groups in total. The molecular formula is C21H20N4O5. The number of ether oxygens (including phenoxy) is 2. The fraction of sp³-hybridized carbons (Fsp3) is 0.190. The summed E-state index contributed by atoms with van der Waals surface area (Å²) in [6, 6.07) is 14.2. The molecular weight excluding hydrogens is 388 g/mol. The van der Waals surface area contributed by atoms with E-state index in [4.69, 9.17) is 13.9 Å². The van der Waals surface area contributed by atoms with Gasteiger partial charge in [-0.2, -0.15) is 5.10 Å². The van der Waals surface area contributed by atoms with Crippen LogP contribution in [-0.4, -0.2) is 34.5 Å². The first-order valence-corrected chi connectivity index (χ1v) is 9.20. The van der Waals surface area contributed by atoms with Gasteiger partial charge in [-0.1, -0.05) is 24.3 Å². The molecule has 0 spiro atoms. The molecule has 0 aliphatic heterocycles. The summed E-state index contributed by atoms with van der Waals surface area (Å²) in [4.78, 5) is 24.7. The number of aromatic nitrogens is 3. The van der Waals surface area contributed by atoms with Crippen LogP contribution >= 0.6 is 0 Å². The van der Waals surface area contributed by atoms with Gasteiger partial charge in [-0.15, -0.1) is 0 Å². The van der Waals surface area contributed by atoms with Gasteiger partial charge < -0.3 is 19.2 Å². The molecule has 0 aliphatic carbocycles. The summed E-state index contributed by atoms with van der Waals surface area (Å²) in [5.74, 6) is 0.748. The van der Waals surface area contributed by atoms with Crippen molar-refractivity contribution in [1.29, 1.82) is 0 Å². The quantitative estimate of drug-likeness (QED) is 0.504. The smallest absolute Gasteiger partial charge is 0.420 e. The highest BCUT2D eigenvalue weighted by atomic mass is 16.5.